The van der Waals surface area contributed by atoms with Crippen molar-refractivity contribution in [3.05, 3.63) is 59.7 Å². The van der Waals surface area contributed by atoms with Gasteiger partial charge in [-0.1, -0.05) is 48.5 Å². The molecule has 1 amide bonds. The van der Waals surface area contributed by atoms with Crippen molar-refractivity contribution in [2.45, 2.75) is 37.2 Å². The van der Waals surface area contributed by atoms with Crippen LogP contribution in [0.1, 0.15) is 42.7 Å². The average Bonchev–Trinajstić information content (AvgIpc) is 3.60. The molecule has 0 atom stereocenters. The van der Waals surface area contributed by atoms with Crippen LogP contribution in [0.25, 0.3) is 11.1 Å². The number of nitrogens with one attached hydrogen (secondary N) is 1. The maximum atomic E-state index is 12.3. The molecular weight excluding hydrogens is 338 g/mol. The minimum Gasteiger partial charge on any atom is -0.449 e. The Labute approximate surface area is 159 Å². The second kappa shape index (κ2) is 6.38. The summed E-state index contributed by atoms with van der Waals surface area (Å²) in [6, 6.07) is 16.6. The van der Waals surface area contributed by atoms with Crippen LogP contribution in [0.4, 0.5) is 4.79 Å². The van der Waals surface area contributed by atoms with Crippen LogP contribution in [-0.4, -0.2) is 30.0 Å². The highest BCUT2D eigenvalue weighted by Crippen LogP contribution is 2.51. The smallest absolute Gasteiger partial charge is 0.407 e. The summed E-state index contributed by atoms with van der Waals surface area (Å²) in [6.07, 6.45) is 3.84. The van der Waals surface area contributed by atoms with Gasteiger partial charge in [0.2, 0.25) is 0 Å². The molecule has 3 aliphatic carbocycles. The van der Waals surface area contributed by atoms with E-state index in [4.69, 9.17) is 4.74 Å². The Morgan fingerprint density at radius 1 is 0.963 bits per heavy atom. The van der Waals surface area contributed by atoms with Crippen LogP contribution in [0.2, 0.25) is 0 Å². The molecule has 0 unspecified atom stereocenters. The largest absolute Gasteiger partial charge is 0.449 e. The van der Waals surface area contributed by atoms with Crippen molar-refractivity contribution in [2.75, 3.05) is 13.2 Å². The van der Waals surface area contributed by atoms with E-state index in [-0.39, 0.29) is 5.92 Å². The lowest BCUT2D eigenvalue weighted by Crippen LogP contribution is -2.46. The van der Waals surface area contributed by atoms with Crippen LogP contribution >= 0.6 is 0 Å². The first-order valence-corrected chi connectivity index (χ1v) is 9.98. The number of carbonyl (C=O) groups excluding carboxylic acids is 1. The summed E-state index contributed by atoms with van der Waals surface area (Å²) in [5.74, 6) is 0.756. The molecule has 0 heterocycles. The zero-order valence-electron chi connectivity index (χ0n) is 15.4. The number of aliphatic hydroxyl groups is 1. The number of hydrogen-bond donors (Lipinski definition) is 2. The molecule has 0 aliphatic heterocycles. The Morgan fingerprint density at radius 3 is 2.00 bits per heavy atom. The maximum Gasteiger partial charge on any atom is 0.407 e. The standard InChI is InChI=1S/C23H25NO3/c25-22(24-14-23(26,15-9-10-15)16-11-12-16)27-13-21-19-7-3-1-5-17(19)18-6-2-4-8-20(18)21/h1-8,15-16,21,26H,9-14H2,(H,24,25). The van der Waals surface area contributed by atoms with E-state index in [1.165, 1.54) is 22.3 Å². The number of carbonyl (C=O) groups is 1. The molecule has 2 aromatic carbocycles. The van der Waals surface area contributed by atoms with Gasteiger partial charge in [0, 0.05) is 5.92 Å². The summed E-state index contributed by atoms with van der Waals surface area (Å²) in [5, 5.41) is 13.7. The lowest BCUT2D eigenvalue weighted by atomic mass is 9.92. The molecule has 0 saturated heterocycles. The number of ether oxygens (including phenoxy) is 1. The first-order valence-electron chi connectivity index (χ1n) is 9.98. The van der Waals surface area contributed by atoms with Crippen LogP contribution < -0.4 is 5.32 Å². The number of benzene rings is 2. The van der Waals surface area contributed by atoms with Crippen LogP contribution in [0.3, 0.4) is 0 Å². The Morgan fingerprint density at radius 2 is 1.48 bits per heavy atom. The molecule has 4 heteroatoms. The van der Waals surface area contributed by atoms with Crippen molar-refractivity contribution in [1.82, 2.24) is 5.32 Å². The second-order valence-electron chi connectivity index (χ2n) is 8.22. The van der Waals surface area contributed by atoms with Crippen molar-refractivity contribution in [3.63, 3.8) is 0 Å². The molecule has 5 rings (SSSR count). The maximum absolute atomic E-state index is 12.3. The lowest BCUT2D eigenvalue weighted by molar-refractivity contribution is -0.00421. The zero-order chi connectivity index (χ0) is 18.4. The van der Waals surface area contributed by atoms with Gasteiger partial charge in [-0.05, 0) is 59.8 Å². The van der Waals surface area contributed by atoms with Gasteiger partial charge in [-0.25, -0.2) is 4.79 Å². The Balaban J connectivity index is 1.24. The summed E-state index contributed by atoms with van der Waals surface area (Å²) < 4.78 is 5.57. The minimum absolute atomic E-state index is 0.0638. The van der Waals surface area contributed by atoms with E-state index in [0.29, 0.717) is 25.0 Å². The van der Waals surface area contributed by atoms with E-state index in [1.807, 2.05) is 24.3 Å². The SMILES string of the molecule is O=C(NCC(O)(C1CC1)C1CC1)OCC1c2ccccc2-c2ccccc21. The third-order valence-electron chi connectivity index (χ3n) is 6.43. The Hall–Kier alpha value is -2.33. The van der Waals surface area contributed by atoms with E-state index in [2.05, 4.69) is 29.6 Å². The van der Waals surface area contributed by atoms with Crippen molar-refractivity contribution in [3.8, 4) is 11.1 Å². The van der Waals surface area contributed by atoms with E-state index in [1.54, 1.807) is 0 Å². The molecule has 0 spiro atoms. The highest BCUT2D eigenvalue weighted by atomic mass is 16.5. The van der Waals surface area contributed by atoms with Crippen molar-refractivity contribution >= 4 is 6.09 Å². The number of amides is 1. The van der Waals surface area contributed by atoms with Gasteiger partial charge >= 0.3 is 6.09 Å². The highest BCUT2D eigenvalue weighted by molar-refractivity contribution is 5.79. The Bertz CT molecular complexity index is 812. The normalized spacial score (nSPS) is 18.7. The van der Waals surface area contributed by atoms with E-state index in [9.17, 15) is 9.90 Å². The predicted molar refractivity (Wildman–Crippen MR) is 103 cm³/mol. The molecule has 2 fully saturated rings. The number of alkyl carbamates (subject to hydrolysis) is 1. The molecule has 0 aromatic heterocycles. The topological polar surface area (TPSA) is 58.6 Å². The van der Waals surface area contributed by atoms with E-state index < -0.39 is 11.7 Å². The summed E-state index contributed by atoms with van der Waals surface area (Å²) in [7, 11) is 0. The monoisotopic (exact) mass is 363 g/mol. The minimum atomic E-state index is -0.731. The van der Waals surface area contributed by atoms with Crippen LogP contribution in [-0.2, 0) is 4.74 Å². The molecule has 140 valence electrons. The third kappa shape index (κ3) is 3.02. The van der Waals surface area contributed by atoms with Crippen molar-refractivity contribution < 1.29 is 14.6 Å². The van der Waals surface area contributed by atoms with Gasteiger partial charge in [-0.3, -0.25) is 0 Å². The fourth-order valence-corrected chi connectivity index (χ4v) is 4.65. The summed E-state index contributed by atoms with van der Waals surface area (Å²) >= 11 is 0. The molecule has 0 radical (unpaired) electrons. The summed E-state index contributed by atoms with van der Waals surface area (Å²) in [4.78, 5) is 12.3. The second-order valence-corrected chi connectivity index (χ2v) is 8.22. The molecule has 0 bridgehead atoms. The molecule has 27 heavy (non-hydrogen) atoms. The quantitative estimate of drug-likeness (QED) is 0.813. The van der Waals surface area contributed by atoms with E-state index in [0.717, 1.165) is 25.7 Å². The predicted octanol–water partition coefficient (Wildman–Crippen LogP) is 4.08. The van der Waals surface area contributed by atoms with Crippen LogP contribution in [0.15, 0.2) is 48.5 Å². The molecule has 2 saturated carbocycles. The van der Waals surface area contributed by atoms with Gasteiger partial charge in [-0.2, -0.15) is 0 Å². The van der Waals surface area contributed by atoms with Gasteiger partial charge in [0.15, 0.2) is 0 Å². The fourth-order valence-electron chi connectivity index (χ4n) is 4.65. The highest BCUT2D eigenvalue weighted by Gasteiger charge is 2.53. The van der Waals surface area contributed by atoms with Gasteiger partial charge < -0.3 is 15.2 Å². The van der Waals surface area contributed by atoms with Gasteiger partial charge in [0.1, 0.15) is 6.61 Å². The molecule has 2 N–H and O–H groups in total. The molecule has 2 aromatic rings. The zero-order valence-corrected chi connectivity index (χ0v) is 15.4. The third-order valence-corrected chi connectivity index (χ3v) is 6.43. The number of rotatable bonds is 6. The average molecular weight is 363 g/mol. The molecular formula is C23H25NO3. The Kier molecular flexibility index (Phi) is 3.97. The first-order chi connectivity index (χ1) is 13.2. The molecule has 3 aliphatic rings. The number of hydrogen-bond acceptors (Lipinski definition) is 3. The van der Waals surface area contributed by atoms with Crippen LogP contribution in [0, 0.1) is 11.8 Å². The van der Waals surface area contributed by atoms with Crippen molar-refractivity contribution in [2.24, 2.45) is 11.8 Å². The van der Waals surface area contributed by atoms with Crippen molar-refractivity contribution in [1.29, 1.82) is 0 Å². The lowest BCUT2D eigenvalue weighted by Gasteiger charge is -2.28. The van der Waals surface area contributed by atoms with Gasteiger partial charge in [0.05, 0.1) is 12.1 Å². The van der Waals surface area contributed by atoms with E-state index >= 15 is 0 Å². The first kappa shape index (κ1) is 16.8. The van der Waals surface area contributed by atoms with Crippen LogP contribution in [0.5, 0.6) is 0 Å². The summed E-state index contributed by atoms with van der Waals surface area (Å²) in [6.45, 7) is 0.615. The van der Waals surface area contributed by atoms with Gasteiger partial charge in [0.25, 0.3) is 0 Å². The van der Waals surface area contributed by atoms with Gasteiger partial charge in [-0.15, -0.1) is 0 Å². The number of fused-ring (bicyclic) bond motifs is 3. The summed E-state index contributed by atoms with van der Waals surface area (Å²) in [5.41, 5.74) is 4.13. The molecule has 4 nitrogen and oxygen atoms in total. The fraction of sp³-hybridized carbons (Fsp3) is 0.435.